The van der Waals surface area contributed by atoms with Gasteiger partial charge >= 0.3 is 0 Å². The summed E-state index contributed by atoms with van der Waals surface area (Å²) in [5.74, 6) is 0. The Labute approximate surface area is 106 Å². The van der Waals surface area contributed by atoms with Crippen LogP contribution in [0.1, 0.15) is 5.56 Å². The zero-order valence-electron chi connectivity index (χ0n) is 10.2. The third-order valence-corrected chi connectivity index (χ3v) is 2.53. The topological polar surface area (TPSA) is 57.0 Å². The molecule has 4 nitrogen and oxygen atoms in total. The van der Waals surface area contributed by atoms with Gasteiger partial charge in [0.2, 0.25) is 0 Å². The van der Waals surface area contributed by atoms with E-state index in [1.54, 1.807) is 0 Å². The van der Waals surface area contributed by atoms with Crippen LogP contribution in [0.4, 0.5) is 17.1 Å². The van der Waals surface area contributed by atoms with Crippen LogP contribution in [0.3, 0.4) is 0 Å². The van der Waals surface area contributed by atoms with Crippen molar-refractivity contribution in [3.05, 3.63) is 54.1 Å². The Morgan fingerprint density at radius 2 is 1.72 bits per heavy atom. The summed E-state index contributed by atoms with van der Waals surface area (Å²) in [6.07, 6.45) is 0. The van der Waals surface area contributed by atoms with Crippen LogP contribution in [-0.4, -0.2) is 12.2 Å². The van der Waals surface area contributed by atoms with Gasteiger partial charge in [-0.05, 0) is 42.0 Å². The van der Waals surface area contributed by atoms with Gasteiger partial charge < -0.3 is 10.4 Å². The molecule has 4 heteroatoms. The van der Waals surface area contributed by atoms with Crippen LogP contribution in [0.2, 0.25) is 0 Å². The van der Waals surface area contributed by atoms with Crippen LogP contribution in [0.15, 0.2) is 58.8 Å². The summed E-state index contributed by atoms with van der Waals surface area (Å²) in [7, 11) is 1.87. The van der Waals surface area contributed by atoms with E-state index in [4.69, 9.17) is 5.11 Å². The summed E-state index contributed by atoms with van der Waals surface area (Å²) < 4.78 is 0. The van der Waals surface area contributed by atoms with E-state index in [0.717, 1.165) is 22.6 Å². The molecule has 0 atom stereocenters. The van der Waals surface area contributed by atoms with Crippen molar-refractivity contribution < 1.29 is 5.11 Å². The highest BCUT2D eigenvalue weighted by Gasteiger charge is 1.94. The first-order valence-electron chi connectivity index (χ1n) is 5.71. The molecule has 0 saturated heterocycles. The van der Waals surface area contributed by atoms with Crippen molar-refractivity contribution in [2.75, 3.05) is 12.4 Å². The van der Waals surface area contributed by atoms with Gasteiger partial charge in [-0.1, -0.05) is 12.1 Å². The minimum absolute atomic E-state index is 0.0141. The fourth-order valence-corrected chi connectivity index (χ4v) is 1.53. The quantitative estimate of drug-likeness (QED) is 0.803. The SMILES string of the molecule is CNc1ccc(N=Nc2cccc(CO)c2)cc1. The molecule has 2 aromatic carbocycles. The Bertz CT molecular complexity index is 535. The molecule has 0 unspecified atom stereocenters. The van der Waals surface area contributed by atoms with Gasteiger partial charge in [0.05, 0.1) is 18.0 Å². The molecule has 2 rings (SSSR count). The van der Waals surface area contributed by atoms with E-state index >= 15 is 0 Å². The molecule has 0 saturated carbocycles. The van der Waals surface area contributed by atoms with Gasteiger partial charge in [0.15, 0.2) is 0 Å². The van der Waals surface area contributed by atoms with Crippen molar-refractivity contribution in [1.82, 2.24) is 0 Å². The Hall–Kier alpha value is -2.20. The Morgan fingerprint density at radius 3 is 2.39 bits per heavy atom. The number of benzene rings is 2. The monoisotopic (exact) mass is 241 g/mol. The lowest BCUT2D eigenvalue weighted by atomic mass is 10.2. The van der Waals surface area contributed by atoms with E-state index in [1.807, 2.05) is 55.6 Å². The molecule has 92 valence electrons. The van der Waals surface area contributed by atoms with Crippen molar-refractivity contribution in [1.29, 1.82) is 0 Å². The number of anilines is 1. The second kappa shape index (κ2) is 5.93. The number of rotatable bonds is 4. The molecule has 0 aliphatic rings. The van der Waals surface area contributed by atoms with Crippen molar-refractivity contribution in [2.45, 2.75) is 6.61 Å². The van der Waals surface area contributed by atoms with Gasteiger partial charge in [0.25, 0.3) is 0 Å². The molecule has 0 aromatic heterocycles. The molecule has 0 spiro atoms. The van der Waals surface area contributed by atoms with Gasteiger partial charge in [0.1, 0.15) is 0 Å². The third kappa shape index (κ3) is 3.15. The minimum Gasteiger partial charge on any atom is -0.392 e. The van der Waals surface area contributed by atoms with Crippen molar-refractivity contribution >= 4 is 17.1 Å². The van der Waals surface area contributed by atoms with Gasteiger partial charge in [-0.2, -0.15) is 10.2 Å². The molecular weight excluding hydrogens is 226 g/mol. The summed E-state index contributed by atoms with van der Waals surface area (Å²) in [5, 5.41) is 20.3. The average Bonchev–Trinajstić information content (AvgIpc) is 2.46. The smallest absolute Gasteiger partial charge is 0.0860 e. The summed E-state index contributed by atoms with van der Waals surface area (Å²) in [5.41, 5.74) is 3.40. The predicted molar refractivity (Wildman–Crippen MR) is 72.5 cm³/mol. The highest BCUT2D eigenvalue weighted by atomic mass is 16.3. The number of nitrogens with one attached hydrogen (secondary N) is 1. The van der Waals surface area contributed by atoms with Crippen LogP contribution in [0.25, 0.3) is 0 Å². The lowest BCUT2D eigenvalue weighted by Crippen LogP contribution is -1.85. The summed E-state index contributed by atoms with van der Waals surface area (Å²) >= 11 is 0. The van der Waals surface area contributed by atoms with Gasteiger partial charge in [-0.3, -0.25) is 0 Å². The molecule has 0 heterocycles. The molecular formula is C14H15N3O. The van der Waals surface area contributed by atoms with Gasteiger partial charge in [-0.15, -0.1) is 0 Å². The maximum Gasteiger partial charge on any atom is 0.0860 e. The van der Waals surface area contributed by atoms with E-state index < -0.39 is 0 Å². The zero-order valence-corrected chi connectivity index (χ0v) is 10.2. The summed E-state index contributed by atoms with van der Waals surface area (Å²) in [4.78, 5) is 0. The first kappa shape index (κ1) is 12.3. The first-order chi connectivity index (χ1) is 8.81. The Morgan fingerprint density at radius 1 is 1.00 bits per heavy atom. The van der Waals surface area contributed by atoms with Crippen LogP contribution in [0, 0.1) is 0 Å². The fourth-order valence-electron chi connectivity index (χ4n) is 1.53. The molecule has 0 fully saturated rings. The molecule has 0 aliphatic carbocycles. The van der Waals surface area contributed by atoms with Crippen molar-refractivity contribution in [2.24, 2.45) is 10.2 Å². The lowest BCUT2D eigenvalue weighted by Gasteiger charge is -1.99. The molecule has 0 amide bonds. The van der Waals surface area contributed by atoms with Crippen LogP contribution >= 0.6 is 0 Å². The molecule has 0 aliphatic heterocycles. The van der Waals surface area contributed by atoms with Crippen molar-refractivity contribution in [3.8, 4) is 0 Å². The molecule has 18 heavy (non-hydrogen) atoms. The maximum absolute atomic E-state index is 9.03. The highest BCUT2D eigenvalue weighted by Crippen LogP contribution is 2.20. The van der Waals surface area contributed by atoms with Gasteiger partial charge in [0, 0.05) is 12.7 Å². The number of hydrogen-bond acceptors (Lipinski definition) is 4. The fraction of sp³-hybridized carbons (Fsp3) is 0.143. The van der Waals surface area contributed by atoms with E-state index in [9.17, 15) is 0 Å². The summed E-state index contributed by atoms with van der Waals surface area (Å²) in [6.45, 7) is 0.0141. The molecule has 2 N–H and O–H groups in total. The lowest BCUT2D eigenvalue weighted by molar-refractivity contribution is 0.282. The van der Waals surface area contributed by atoms with Crippen LogP contribution in [0.5, 0.6) is 0 Å². The average molecular weight is 241 g/mol. The second-order valence-electron chi connectivity index (χ2n) is 3.82. The first-order valence-corrected chi connectivity index (χ1v) is 5.71. The second-order valence-corrected chi connectivity index (χ2v) is 3.82. The Balaban J connectivity index is 2.13. The van der Waals surface area contributed by atoms with E-state index in [2.05, 4.69) is 15.5 Å². The zero-order chi connectivity index (χ0) is 12.8. The van der Waals surface area contributed by atoms with E-state index in [0.29, 0.717) is 0 Å². The molecule has 0 radical (unpaired) electrons. The molecule has 0 bridgehead atoms. The van der Waals surface area contributed by atoms with E-state index in [-0.39, 0.29) is 6.61 Å². The predicted octanol–water partition coefficient (Wildman–Crippen LogP) is 3.64. The van der Waals surface area contributed by atoms with Gasteiger partial charge in [-0.25, -0.2) is 0 Å². The maximum atomic E-state index is 9.03. The largest absolute Gasteiger partial charge is 0.392 e. The minimum atomic E-state index is 0.0141. The Kier molecular flexibility index (Phi) is 4.04. The van der Waals surface area contributed by atoms with Crippen LogP contribution < -0.4 is 5.32 Å². The highest BCUT2D eigenvalue weighted by molar-refractivity contribution is 5.50. The standard InChI is InChI=1S/C14H15N3O/c1-15-12-5-7-13(8-6-12)16-17-14-4-2-3-11(9-14)10-18/h2-9,15,18H,10H2,1H3. The van der Waals surface area contributed by atoms with E-state index in [1.165, 1.54) is 0 Å². The summed E-state index contributed by atoms with van der Waals surface area (Å²) in [6, 6.07) is 15.0. The number of nitrogens with zero attached hydrogens (tertiary/aromatic N) is 2. The number of aliphatic hydroxyl groups excluding tert-OH is 1. The van der Waals surface area contributed by atoms with Crippen molar-refractivity contribution in [3.63, 3.8) is 0 Å². The third-order valence-electron chi connectivity index (χ3n) is 2.53. The number of hydrogen-bond donors (Lipinski definition) is 2. The number of azo groups is 1. The molecule has 2 aromatic rings. The van der Waals surface area contributed by atoms with Crippen LogP contribution in [-0.2, 0) is 6.61 Å². The normalized spacial score (nSPS) is 10.8. The number of aliphatic hydroxyl groups is 1.